The second kappa shape index (κ2) is 5.95. The van der Waals surface area contributed by atoms with Gasteiger partial charge in [0.25, 0.3) is 0 Å². The first-order chi connectivity index (χ1) is 7.77. The Labute approximate surface area is 102 Å². The zero-order valence-electron chi connectivity index (χ0n) is 9.86. The molecule has 0 spiro atoms. The molecule has 2 aliphatic carbocycles. The predicted octanol–water partition coefficient (Wildman–Crippen LogP) is 3.70. The third kappa shape index (κ3) is 3.16. The van der Waals surface area contributed by atoms with Gasteiger partial charge in [0.15, 0.2) is 0 Å². The third-order valence-electron chi connectivity index (χ3n) is 3.96. The van der Waals surface area contributed by atoms with E-state index in [9.17, 15) is 9.90 Å². The Morgan fingerprint density at radius 3 is 2.12 bits per heavy atom. The lowest BCUT2D eigenvalue weighted by molar-refractivity contribution is -0.137. The molecule has 0 aromatic carbocycles. The minimum absolute atomic E-state index is 0.122. The topological polar surface area (TPSA) is 37.3 Å². The SMILES string of the molecule is O=C(O)C(SC1CCCC1)C1CCCCC1. The van der Waals surface area contributed by atoms with Crippen molar-refractivity contribution in [3.8, 4) is 0 Å². The van der Waals surface area contributed by atoms with Crippen LogP contribution in [0.15, 0.2) is 0 Å². The van der Waals surface area contributed by atoms with Crippen LogP contribution >= 0.6 is 11.8 Å². The zero-order valence-corrected chi connectivity index (χ0v) is 10.7. The van der Waals surface area contributed by atoms with E-state index in [1.165, 1.54) is 44.9 Å². The van der Waals surface area contributed by atoms with Gasteiger partial charge in [-0.15, -0.1) is 11.8 Å². The fourth-order valence-electron chi connectivity index (χ4n) is 3.04. The quantitative estimate of drug-likeness (QED) is 0.817. The van der Waals surface area contributed by atoms with Crippen LogP contribution < -0.4 is 0 Å². The van der Waals surface area contributed by atoms with Gasteiger partial charge < -0.3 is 5.11 Å². The number of carboxylic acids is 1. The highest BCUT2D eigenvalue weighted by Crippen LogP contribution is 2.39. The van der Waals surface area contributed by atoms with Crippen molar-refractivity contribution < 1.29 is 9.90 Å². The minimum Gasteiger partial charge on any atom is -0.480 e. The Hall–Kier alpha value is -0.180. The number of hydrogen-bond acceptors (Lipinski definition) is 2. The van der Waals surface area contributed by atoms with E-state index in [1.807, 2.05) is 0 Å². The van der Waals surface area contributed by atoms with Crippen LogP contribution in [0.4, 0.5) is 0 Å². The fraction of sp³-hybridized carbons (Fsp3) is 0.923. The first kappa shape index (κ1) is 12.3. The maximum Gasteiger partial charge on any atom is 0.316 e. The summed E-state index contributed by atoms with van der Waals surface area (Å²) in [6.07, 6.45) is 11.1. The molecule has 2 saturated carbocycles. The van der Waals surface area contributed by atoms with Crippen molar-refractivity contribution in [1.29, 1.82) is 0 Å². The summed E-state index contributed by atoms with van der Waals surface area (Å²) >= 11 is 1.77. The van der Waals surface area contributed by atoms with Gasteiger partial charge in [-0.25, -0.2) is 0 Å². The van der Waals surface area contributed by atoms with Crippen LogP contribution in [0.1, 0.15) is 57.8 Å². The largest absolute Gasteiger partial charge is 0.480 e. The Morgan fingerprint density at radius 2 is 1.56 bits per heavy atom. The molecule has 0 amide bonds. The average molecular weight is 242 g/mol. The van der Waals surface area contributed by atoms with Crippen LogP contribution in [0.5, 0.6) is 0 Å². The fourth-order valence-corrected chi connectivity index (χ4v) is 4.67. The molecular weight excluding hydrogens is 220 g/mol. The number of carboxylic acid groups (broad SMARTS) is 1. The predicted molar refractivity (Wildman–Crippen MR) is 67.8 cm³/mol. The van der Waals surface area contributed by atoms with Crippen molar-refractivity contribution in [1.82, 2.24) is 0 Å². The van der Waals surface area contributed by atoms with E-state index < -0.39 is 5.97 Å². The van der Waals surface area contributed by atoms with E-state index in [0.717, 1.165) is 12.8 Å². The number of carbonyl (C=O) groups is 1. The first-order valence-electron chi connectivity index (χ1n) is 6.65. The van der Waals surface area contributed by atoms with Gasteiger partial charge in [-0.1, -0.05) is 32.1 Å². The molecule has 3 heteroatoms. The van der Waals surface area contributed by atoms with Gasteiger partial charge in [0, 0.05) is 5.25 Å². The van der Waals surface area contributed by atoms with E-state index in [0.29, 0.717) is 11.2 Å². The maximum absolute atomic E-state index is 11.4. The number of aliphatic carboxylic acids is 1. The minimum atomic E-state index is -0.566. The summed E-state index contributed by atoms with van der Waals surface area (Å²) in [6, 6.07) is 0. The number of rotatable bonds is 4. The highest BCUT2D eigenvalue weighted by molar-refractivity contribution is 8.01. The summed E-state index contributed by atoms with van der Waals surface area (Å²) in [5.41, 5.74) is 0. The van der Waals surface area contributed by atoms with Gasteiger partial charge in [-0.05, 0) is 31.6 Å². The van der Waals surface area contributed by atoms with Gasteiger partial charge in [0.05, 0.1) is 0 Å². The van der Waals surface area contributed by atoms with Crippen molar-refractivity contribution in [2.45, 2.75) is 68.3 Å². The van der Waals surface area contributed by atoms with Crippen LogP contribution in [0.3, 0.4) is 0 Å². The van der Waals surface area contributed by atoms with Gasteiger partial charge in [0.2, 0.25) is 0 Å². The Balaban J connectivity index is 1.90. The van der Waals surface area contributed by atoms with Crippen LogP contribution in [-0.4, -0.2) is 21.6 Å². The Bertz CT molecular complexity index is 230. The lowest BCUT2D eigenvalue weighted by atomic mass is 9.87. The molecule has 2 nitrogen and oxygen atoms in total. The van der Waals surface area contributed by atoms with Crippen LogP contribution in [-0.2, 0) is 4.79 Å². The van der Waals surface area contributed by atoms with Gasteiger partial charge in [-0.2, -0.15) is 0 Å². The molecule has 16 heavy (non-hydrogen) atoms. The molecule has 0 aliphatic heterocycles. The van der Waals surface area contributed by atoms with Crippen molar-refractivity contribution in [3.05, 3.63) is 0 Å². The van der Waals surface area contributed by atoms with E-state index in [-0.39, 0.29) is 5.25 Å². The lowest BCUT2D eigenvalue weighted by Gasteiger charge is -2.28. The lowest BCUT2D eigenvalue weighted by Crippen LogP contribution is -2.29. The standard InChI is InChI=1S/C13H22O2S/c14-13(15)12(10-6-2-1-3-7-10)16-11-8-4-5-9-11/h10-12H,1-9H2,(H,14,15). The molecule has 0 radical (unpaired) electrons. The molecule has 0 heterocycles. The van der Waals surface area contributed by atoms with Crippen molar-refractivity contribution in [3.63, 3.8) is 0 Å². The van der Waals surface area contributed by atoms with Crippen molar-refractivity contribution >= 4 is 17.7 Å². The smallest absolute Gasteiger partial charge is 0.316 e. The van der Waals surface area contributed by atoms with Crippen LogP contribution in [0.25, 0.3) is 0 Å². The summed E-state index contributed by atoms with van der Waals surface area (Å²) < 4.78 is 0. The van der Waals surface area contributed by atoms with E-state index in [1.54, 1.807) is 11.8 Å². The third-order valence-corrected chi connectivity index (χ3v) is 5.70. The highest BCUT2D eigenvalue weighted by atomic mass is 32.2. The normalized spacial score (nSPS) is 25.8. The number of hydrogen-bond donors (Lipinski definition) is 1. The molecule has 0 saturated heterocycles. The van der Waals surface area contributed by atoms with E-state index >= 15 is 0 Å². The molecule has 1 N–H and O–H groups in total. The summed E-state index contributed by atoms with van der Waals surface area (Å²) in [7, 11) is 0. The first-order valence-corrected chi connectivity index (χ1v) is 7.60. The van der Waals surface area contributed by atoms with Gasteiger partial charge in [0.1, 0.15) is 5.25 Å². The second-order valence-corrected chi connectivity index (χ2v) is 6.65. The van der Waals surface area contributed by atoms with Crippen LogP contribution in [0, 0.1) is 5.92 Å². The molecule has 1 atom stereocenters. The monoisotopic (exact) mass is 242 g/mol. The molecular formula is C13H22O2S. The molecule has 2 fully saturated rings. The van der Waals surface area contributed by atoms with Crippen LogP contribution in [0.2, 0.25) is 0 Å². The summed E-state index contributed by atoms with van der Waals surface area (Å²) in [4.78, 5) is 11.4. The number of thioether (sulfide) groups is 1. The summed E-state index contributed by atoms with van der Waals surface area (Å²) in [5, 5.41) is 9.87. The summed E-state index contributed by atoms with van der Waals surface area (Å²) in [6.45, 7) is 0. The molecule has 2 aliphatic rings. The van der Waals surface area contributed by atoms with Crippen molar-refractivity contribution in [2.75, 3.05) is 0 Å². The van der Waals surface area contributed by atoms with E-state index in [4.69, 9.17) is 0 Å². The Kier molecular flexibility index (Phi) is 4.56. The molecule has 2 rings (SSSR count). The second-order valence-electron chi connectivity index (χ2n) is 5.20. The molecule has 0 bridgehead atoms. The maximum atomic E-state index is 11.4. The molecule has 1 unspecified atom stereocenters. The van der Waals surface area contributed by atoms with Gasteiger partial charge in [-0.3, -0.25) is 4.79 Å². The highest BCUT2D eigenvalue weighted by Gasteiger charge is 2.32. The zero-order chi connectivity index (χ0) is 11.4. The molecule has 0 aromatic rings. The summed E-state index contributed by atoms with van der Waals surface area (Å²) in [5.74, 6) is -0.124. The Morgan fingerprint density at radius 1 is 1.00 bits per heavy atom. The van der Waals surface area contributed by atoms with E-state index in [2.05, 4.69) is 0 Å². The molecule has 0 aromatic heterocycles. The van der Waals surface area contributed by atoms with Gasteiger partial charge >= 0.3 is 5.97 Å². The van der Waals surface area contributed by atoms with Crippen molar-refractivity contribution in [2.24, 2.45) is 5.92 Å². The molecule has 92 valence electrons. The average Bonchev–Trinajstić information content (AvgIpc) is 2.79.